The minimum absolute atomic E-state index is 0.0173. The quantitative estimate of drug-likeness (QED) is 0.446. The summed E-state index contributed by atoms with van der Waals surface area (Å²) in [6.07, 6.45) is -0.821. The molecule has 1 heterocycles. The Kier molecular flexibility index (Phi) is 6.03. The highest BCUT2D eigenvalue weighted by Crippen LogP contribution is 2.39. The van der Waals surface area contributed by atoms with Crippen molar-refractivity contribution in [2.24, 2.45) is 0 Å². The number of likely N-dealkylation sites (tertiary alicyclic amines) is 1. The van der Waals surface area contributed by atoms with Gasteiger partial charge < -0.3 is 19.8 Å². The molecule has 29 heavy (non-hydrogen) atoms. The molecule has 1 amide bonds. The molecule has 1 aliphatic rings. The second-order valence-corrected chi connectivity index (χ2v) is 7.17. The second kappa shape index (κ2) is 8.49. The maximum absolute atomic E-state index is 12.8. The van der Waals surface area contributed by atoms with E-state index in [0.717, 1.165) is 5.56 Å². The van der Waals surface area contributed by atoms with Crippen LogP contribution in [-0.2, 0) is 9.59 Å². The number of ketones is 1. The maximum Gasteiger partial charge on any atom is 0.295 e. The van der Waals surface area contributed by atoms with Crippen LogP contribution in [0.25, 0.3) is 5.76 Å². The molecule has 0 aliphatic carbocycles. The monoisotopic (exact) mass is 395 g/mol. The fourth-order valence-electron chi connectivity index (χ4n) is 3.48. The van der Waals surface area contributed by atoms with Crippen molar-refractivity contribution in [1.29, 1.82) is 0 Å². The van der Waals surface area contributed by atoms with Crippen molar-refractivity contribution in [2.75, 3.05) is 13.2 Å². The molecule has 6 heteroatoms. The van der Waals surface area contributed by atoms with Crippen LogP contribution in [0.5, 0.6) is 5.75 Å². The van der Waals surface area contributed by atoms with Gasteiger partial charge in [-0.05, 0) is 38.5 Å². The minimum atomic E-state index is -0.821. The summed E-state index contributed by atoms with van der Waals surface area (Å²) in [6.45, 7) is 5.85. The molecule has 2 aromatic carbocycles. The molecule has 2 N–H and O–H groups in total. The van der Waals surface area contributed by atoms with Gasteiger partial charge in [-0.15, -0.1) is 0 Å². The standard InChI is InChI=1S/C23H25NO5/c1-4-29-18-11-9-16(10-12-18)20-19(21(26)17-7-5-14(2)6-8-17)22(27)23(28)24(20)13-15(3)25/h5-12,15,20,25-26H,4,13H2,1-3H3/t15-,20-/m0/s1. The first-order valence-electron chi connectivity index (χ1n) is 9.59. The molecule has 152 valence electrons. The Labute approximate surface area is 170 Å². The molecule has 0 spiro atoms. The third kappa shape index (κ3) is 4.17. The lowest BCUT2D eigenvalue weighted by Crippen LogP contribution is -2.35. The first-order chi connectivity index (χ1) is 13.8. The van der Waals surface area contributed by atoms with E-state index in [2.05, 4.69) is 0 Å². The molecule has 0 aromatic heterocycles. The lowest BCUT2D eigenvalue weighted by Gasteiger charge is -2.26. The van der Waals surface area contributed by atoms with Crippen molar-refractivity contribution in [2.45, 2.75) is 32.9 Å². The predicted octanol–water partition coefficient (Wildman–Crippen LogP) is 3.20. The van der Waals surface area contributed by atoms with Crippen LogP contribution in [0.3, 0.4) is 0 Å². The first kappa shape index (κ1) is 20.6. The number of aryl methyl sites for hydroxylation is 1. The van der Waals surface area contributed by atoms with Gasteiger partial charge in [0.15, 0.2) is 0 Å². The van der Waals surface area contributed by atoms with Crippen LogP contribution < -0.4 is 4.74 Å². The van der Waals surface area contributed by atoms with E-state index in [-0.39, 0.29) is 17.9 Å². The van der Waals surface area contributed by atoms with Crippen LogP contribution in [0.4, 0.5) is 0 Å². The van der Waals surface area contributed by atoms with Gasteiger partial charge in [0.1, 0.15) is 11.5 Å². The number of hydrogen-bond acceptors (Lipinski definition) is 5. The van der Waals surface area contributed by atoms with Crippen molar-refractivity contribution in [3.05, 3.63) is 70.8 Å². The van der Waals surface area contributed by atoms with Gasteiger partial charge in [0.05, 0.1) is 24.3 Å². The number of hydrogen-bond donors (Lipinski definition) is 2. The van der Waals surface area contributed by atoms with Gasteiger partial charge in [0, 0.05) is 12.1 Å². The average Bonchev–Trinajstić information content (AvgIpc) is 2.93. The lowest BCUT2D eigenvalue weighted by atomic mass is 9.95. The molecule has 0 saturated carbocycles. The number of rotatable bonds is 6. The Bertz CT molecular complexity index is 929. The average molecular weight is 395 g/mol. The van der Waals surface area contributed by atoms with Gasteiger partial charge in [-0.25, -0.2) is 0 Å². The normalized spacial score (nSPS) is 19.4. The van der Waals surface area contributed by atoms with E-state index in [4.69, 9.17) is 4.74 Å². The fraction of sp³-hybridized carbons (Fsp3) is 0.304. The molecule has 6 nitrogen and oxygen atoms in total. The number of aliphatic hydroxyl groups excluding tert-OH is 2. The summed E-state index contributed by atoms with van der Waals surface area (Å²) >= 11 is 0. The van der Waals surface area contributed by atoms with Crippen LogP contribution in [0.1, 0.15) is 36.6 Å². The molecule has 0 radical (unpaired) electrons. The Morgan fingerprint density at radius 2 is 1.72 bits per heavy atom. The number of nitrogens with zero attached hydrogens (tertiary/aromatic N) is 1. The molecule has 0 bridgehead atoms. The summed E-state index contributed by atoms with van der Waals surface area (Å²) in [5.41, 5.74) is 2.14. The smallest absolute Gasteiger partial charge is 0.295 e. The summed E-state index contributed by atoms with van der Waals surface area (Å²) in [5.74, 6) is -1.06. The van der Waals surface area contributed by atoms with Crippen molar-refractivity contribution in [3.63, 3.8) is 0 Å². The SMILES string of the molecule is CCOc1ccc([C@H]2C(=C(O)c3ccc(C)cc3)C(=O)C(=O)N2C[C@H](C)O)cc1. The van der Waals surface area contributed by atoms with E-state index in [0.29, 0.717) is 23.5 Å². The Balaban J connectivity index is 2.13. The summed E-state index contributed by atoms with van der Waals surface area (Å²) in [6, 6.07) is 13.3. The summed E-state index contributed by atoms with van der Waals surface area (Å²) in [4.78, 5) is 26.8. The minimum Gasteiger partial charge on any atom is -0.507 e. The molecule has 1 saturated heterocycles. The molecule has 0 unspecified atom stereocenters. The van der Waals surface area contributed by atoms with Crippen LogP contribution in [0.2, 0.25) is 0 Å². The Morgan fingerprint density at radius 1 is 1.10 bits per heavy atom. The molecule has 1 aliphatic heterocycles. The van der Waals surface area contributed by atoms with E-state index in [1.807, 2.05) is 26.0 Å². The fourth-order valence-corrected chi connectivity index (χ4v) is 3.48. The Hall–Kier alpha value is -3.12. The zero-order valence-electron chi connectivity index (χ0n) is 16.8. The van der Waals surface area contributed by atoms with Crippen molar-refractivity contribution in [3.8, 4) is 5.75 Å². The van der Waals surface area contributed by atoms with Crippen LogP contribution >= 0.6 is 0 Å². The van der Waals surface area contributed by atoms with Gasteiger partial charge in [0.25, 0.3) is 11.7 Å². The van der Waals surface area contributed by atoms with Crippen molar-refractivity contribution < 1.29 is 24.5 Å². The van der Waals surface area contributed by atoms with Crippen LogP contribution in [0, 0.1) is 6.92 Å². The highest BCUT2D eigenvalue weighted by molar-refractivity contribution is 6.46. The maximum atomic E-state index is 12.8. The number of aliphatic hydroxyl groups is 2. The van der Waals surface area contributed by atoms with Gasteiger partial charge in [-0.3, -0.25) is 9.59 Å². The van der Waals surface area contributed by atoms with Gasteiger partial charge >= 0.3 is 0 Å². The van der Waals surface area contributed by atoms with Crippen LogP contribution in [-0.4, -0.2) is 46.1 Å². The molecular weight excluding hydrogens is 370 g/mol. The third-order valence-corrected chi connectivity index (χ3v) is 4.83. The number of carbonyl (C=O) groups excluding carboxylic acids is 2. The summed E-state index contributed by atoms with van der Waals surface area (Å²) in [5, 5.41) is 20.8. The summed E-state index contributed by atoms with van der Waals surface area (Å²) in [7, 11) is 0. The van der Waals surface area contributed by atoms with E-state index in [9.17, 15) is 19.8 Å². The molecular formula is C23H25NO5. The number of benzene rings is 2. The highest BCUT2D eigenvalue weighted by Gasteiger charge is 2.46. The number of β-amino-alcohol motifs (C(OH)–C–C–N with tert-alkyl or cyclic N) is 1. The van der Waals surface area contributed by atoms with Gasteiger partial charge in [-0.1, -0.05) is 42.0 Å². The number of carbonyl (C=O) groups is 2. The van der Waals surface area contributed by atoms with Gasteiger partial charge in [-0.2, -0.15) is 0 Å². The third-order valence-electron chi connectivity index (χ3n) is 4.83. The topological polar surface area (TPSA) is 87.1 Å². The molecule has 2 aromatic rings. The number of ether oxygens (including phenoxy) is 1. The molecule has 1 fully saturated rings. The highest BCUT2D eigenvalue weighted by atomic mass is 16.5. The zero-order valence-corrected chi connectivity index (χ0v) is 16.8. The van der Waals surface area contributed by atoms with E-state index in [1.54, 1.807) is 43.3 Å². The van der Waals surface area contributed by atoms with Crippen LogP contribution in [0.15, 0.2) is 54.1 Å². The van der Waals surface area contributed by atoms with E-state index < -0.39 is 23.8 Å². The molecule has 3 rings (SSSR count). The van der Waals surface area contributed by atoms with Crippen molar-refractivity contribution >= 4 is 17.4 Å². The van der Waals surface area contributed by atoms with E-state index in [1.165, 1.54) is 4.90 Å². The summed E-state index contributed by atoms with van der Waals surface area (Å²) < 4.78 is 5.46. The zero-order chi connectivity index (χ0) is 21.1. The largest absolute Gasteiger partial charge is 0.507 e. The Morgan fingerprint density at radius 3 is 2.28 bits per heavy atom. The molecule has 2 atom stereocenters. The second-order valence-electron chi connectivity index (χ2n) is 7.17. The van der Waals surface area contributed by atoms with E-state index >= 15 is 0 Å². The van der Waals surface area contributed by atoms with Crippen molar-refractivity contribution in [1.82, 2.24) is 4.90 Å². The number of Topliss-reactive ketones (excluding diaryl/α,β-unsaturated/α-hetero) is 1. The number of amides is 1. The lowest BCUT2D eigenvalue weighted by molar-refractivity contribution is -0.140. The predicted molar refractivity (Wildman–Crippen MR) is 109 cm³/mol. The van der Waals surface area contributed by atoms with Gasteiger partial charge in [0.2, 0.25) is 0 Å². The first-order valence-corrected chi connectivity index (χ1v) is 9.59.